The second kappa shape index (κ2) is 10.6. The van der Waals surface area contributed by atoms with E-state index in [4.69, 9.17) is 10.5 Å². The molecule has 0 aliphatic carbocycles. The van der Waals surface area contributed by atoms with Crippen molar-refractivity contribution in [2.75, 3.05) is 18.5 Å². The summed E-state index contributed by atoms with van der Waals surface area (Å²) in [7, 11) is 1.80. The summed E-state index contributed by atoms with van der Waals surface area (Å²) >= 11 is 0. The summed E-state index contributed by atoms with van der Waals surface area (Å²) in [6.45, 7) is 2.71. The van der Waals surface area contributed by atoms with Crippen molar-refractivity contribution in [1.29, 1.82) is 0 Å². The third-order valence-corrected chi connectivity index (χ3v) is 4.44. The number of carbonyl (C=O) groups is 1. The van der Waals surface area contributed by atoms with Crippen molar-refractivity contribution in [3.8, 4) is 5.75 Å². The topological polar surface area (TPSA) is 55.6 Å². The fourth-order valence-corrected chi connectivity index (χ4v) is 2.85. The van der Waals surface area contributed by atoms with Gasteiger partial charge >= 0.3 is 0 Å². The minimum Gasteiger partial charge on any atom is -0.486 e. The molecule has 0 radical (unpaired) electrons. The lowest BCUT2D eigenvalue weighted by Crippen LogP contribution is -2.26. The van der Waals surface area contributed by atoms with Crippen LogP contribution in [0.25, 0.3) is 0 Å². The zero-order chi connectivity index (χ0) is 18.8. The molecule has 0 aliphatic rings. The SMILES string of the molecule is CCCCC(Oc1cccc(N(C)C(=O)CCCN)c1)c1ccccc1. The van der Waals surface area contributed by atoms with Gasteiger partial charge in [0, 0.05) is 25.2 Å². The van der Waals surface area contributed by atoms with Crippen LogP contribution in [0.3, 0.4) is 0 Å². The molecule has 4 nitrogen and oxygen atoms in total. The molecule has 0 spiro atoms. The van der Waals surface area contributed by atoms with Gasteiger partial charge in [0.2, 0.25) is 5.91 Å². The van der Waals surface area contributed by atoms with Crippen LogP contribution < -0.4 is 15.4 Å². The van der Waals surface area contributed by atoms with E-state index in [1.807, 2.05) is 42.5 Å². The molecule has 0 aromatic heterocycles. The molecule has 0 saturated heterocycles. The van der Waals surface area contributed by atoms with Gasteiger partial charge < -0.3 is 15.4 Å². The monoisotopic (exact) mass is 354 g/mol. The Balaban J connectivity index is 2.13. The molecule has 140 valence electrons. The van der Waals surface area contributed by atoms with Crippen LogP contribution >= 0.6 is 0 Å². The highest BCUT2D eigenvalue weighted by atomic mass is 16.5. The highest BCUT2D eigenvalue weighted by Gasteiger charge is 2.15. The molecule has 2 aromatic rings. The number of anilines is 1. The fourth-order valence-electron chi connectivity index (χ4n) is 2.85. The predicted octanol–water partition coefficient (Wildman–Crippen LogP) is 4.70. The number of amides is 1. The Morgan fingerprint density at radius 2 is 1.88 bits per heavy atom. The van der Waals surface area contributed by atoms with E-state index in [-0.39, 0.29) is 12.0 Å². The Kier molecular flexibility index (Phi) is 8.16. The van der Waals surface area contributed by atoms with E-state index < -0.39 is 0 Å². The first-order valence-electron chi connectivity index (χ1n) is 9.44. The quantitative estimate of drug-likeness (QED) is 0.673. The third kappa shape index (κ3) is 5.88. The standard InChI is InChI=1S/C22H30N2O2/c1-3-4-14-21(18-10-6-5-7-11-18)26-20-13-8-12-19(17-20)24(2)22(25)15-9-16-23/h5-8,10-13,17,21H,3-4,9,14-16,23H2,1-2H3. The molecule has 0 bridgehead atoms. The van der Waals surface area contributed by atoms with Gasteiger partial charge in [-0.3, -0.25) is 4.79 Å². The van der Waals surface area contributed by atoms with E-state index in [9.17, 15) is 4.79 Å². The Morgan fingerprint density at radius 3 is 2.58 bits per heavy atom. The first-order chi connectivity index (χ1) is 12.7. The van der Waals surface area contributed by atoms with Crippen LogP contribution in [0.4, 0.5) is 5.69 Å². The predicted molar refractivity (Wildman–Crippen MR) is 107 cm³/mol. The molecular formula is C22H30N2O2. The maximum absolute atomic E-state index is 12.2. The summed E-state index contributed by atoms with van der Waals surface area (Å²) < 4.78 is 6.30. The average molecular weight is 354 g/mol. The van der Waals surface area contributed by atoms with Crippen molar-refractivity contribution >= 4 is 11.6 Å². The fraction of sp³-hybridized carbons (Fsp3) is 0.409. The Hall–Kier alpha value is -2.33. The molecule has 0 fully saturated rings. The smallest absolute Gasteiger partial charge is 0.226 e. The van der Waals surface area contributed by atoms with Crippen molar-refractivity contribution in [2.45, 2.75) is 45.1 Å². The maximum atomic E-state index is 12.2. The second-order valence-corrected chi connectivity index (χ2v) is 6.50. The van der Waals surface area contributed by atoms with E-state index in [0.29, 0.717) is 19.4 Å². The maximum Gasteiger partial charge on any atom is 0.226 e. The number of nitrogens with two attached hydrogens (primary N) is 1. The van der Waals surface area contributed by atoms with Gasteiger partial charge in [0.25, 0.3) is 0 Å². The van der Waals surface area contributed by atoms with E-state index in [1.165, 1.54) is 5.56 Å². The molecule has 4 heteroatoms. The molecular weight excluding hydrogens is 324 g/mol. The summed E-state index contributed by atoms with van der Waals surface area (Å²) in [5.41, 5.74) is 7.52. The Bertz CT molecular complexity index is 673. The van der Waals surface area contributed by atoms with Crippen molar-refractivity contribution < 1.29 is 9.53 Å². The van der Waals surface area contributed by atoms with Crippen LogP contribution in [0, 0.1) is 0 Å². The third-order valence-electron chi connectivity index (χ3n) is 4.44. The average Bonchev–Trinajstić information content (AvgIpc) is 2.69. The van der Waals surface area contributed by atoms with Gasteiger partial charge in [-0.1, -0.05) is 49.7 Å². The lowest BCUT2D eigenvalue weighted by atomic mass is 10.0. The molecule has 0 aliphatic heterocycles. The number of hydrogen-bond acceptors (Lipinski definition) is 3. The van der Waals surface area contributed by atoms with Crippen LogP contribution in [0.2, 0.25) is 0 Å². The lowest BCUT2D eigenvalue weighted by Gasteiger charge is -2.22. The number of carbonyl (C=O) groups excluding carboxylic acids is 1. The van der Waals surface area contributed by atoms with Gasteiger partial charge in [0.15, 0.2) is 0 Å². The molecule has 1 amide bonds. The van der Waals surface area contributed by atoms with Crippen molar-refractivity contribution in [1.82, 2.24) is 0 Å². The normalized spacial score (nSPS) is 11.8. The molecule has 0 saturated carbocycles. The zero-order valence-electron chi connectivity index (χ0n) is 15.9. The number of hydrogen-bond donors (Lipinski definition) is 1. The van der Waals surface area contributed by atoms with Crippen LogP contribution in [0.5, 0.6) is 5.75 Å². The van der Waals surface area contributed by atoms with Crippen LogP contribution in [0.1, 0.15) is 50.7 Å². The van der Waals surface area contributed by atoms with Gasteiger partial charge in [-0.2, -0.15) is 0 Å². The number of ether oxygens (including phenoxy) is 1. The van der Waals surface area contributed by atoms with E-state index in [2.05, 4.69) is 19.1 Å². The molecule has 0 heterocycles. The van der Waals surface area contributed by atoms with Crippen molar-refractivity contribution in [3.63, 3.8) is 0 Å². The summed E-state index contributed by atoms with van der Waals surface area (Å²) in [5.74, 6) is 0.851. The molecule has 1 unspecified atom stereocenters. The minimum absolute atomic E-state index is 0.0182. The molecule has 26 heavy (non-hydrogen) atoms. The summed E-state index contributed by atoms with van der Waals surface area (Å²) in [6.07, 6.45) is 4.38. The largest absolute Gasteiger partial charge is 0.486 e. The molecule has 2 aromatic carbocycles. The lowest BCUT2D eigenvalue weighted by molar-refractivity contribution is -0.118. The van der Waals surface area contributed by atoms with Crippen LogP contribution in [0.15, 0.2) is 54.6 Å². The molecule has 1 atom stereocenters. The Morgan fingerprint density at radius 1 is 1.12 bits per heavy atom. The van der Waals surface area contributed by atoms with E-state index >= 15 is 0 Å². The van der Waals surface area contributed by atoms with Crippen LogP contribution in [-0.2, 0) is 4.79 Å². The highest BCUT2D eigenvalue weighted by Crippen LogP contribution is 2.29. The first kappa shape index (κ1) is 20.0. The van der Waals surface area contributed by atoms with Crippen LogP contribution in [-0.4, -0.2) is 19.5 Å². The van der Waals surface area contributed by atoms with E-state index in [1.54, 1.807) is 11.9 Å². The number of unbranched alkanes of at least 4 members (excludes halogenated alkanes) is 1. The van der Waals surface area contributed by atoms with Crippen molar-refractivity contribution in [3.05, 3.63) is 60.2 Å². The zero-order valence-corrected chi connectivity index (χ0v) is 15.9. The van der Waals surface area contributed by atoms with Gasteiger partial charge in [0.1, 0.15) is 11.9 Å². The van der Waals surface area contributed by atoms with Gasteiger partial charge in [0.05, 0.1) is 0 Å². The van der Waals surface area contributed by atoms with Gasteiger partial charge in [-0.25, -0.2) is 0 Å². The molecule has 2 rings (SSSR count). The van der Waals surface area contributed by atoms with Gasteiger partial charge in [-0.15, -0.1) is 0 Å². The number of benzene rings is 2. The highest BCUT2D eigenvalue weighted by molar-refractivity contribution is 5.92. The number of rotatable bonds is 10. The second-order valence-electron chi connectivity index (χ2n) is 6.50. The number of nitrogens with zero attached hydrogens (tertiary/aromatic N) is 1. The summed E-state index contributed by atoms with van der Waals surface area (Å²) in [4.78, 5) is 13.9. The summed E-state index contributed by atoms with van der Waals surface area (Å²) in [5, 5.41) is 0. The van der Waals surface area contributed by atoms with Crippen molar-refractivity contribution in [2.24, 2.45) is 5.73 Å². The molecule has 2 N–H and O–H groups in total. The van der Waals surface area contributed by atoms with Gasteiger partial charge in [-0.05, 0) is 43.5 Å². The minimum atomic E-state index is 0.0182. The Labute approximate surface area is 157 Å². The van der Waals surface area contributed by atoms with E-state index in [0.717, 1.165) is 30.7 Å². The first-order valence-corrected chi connectivity index (χ1v) is 9.44. The summed E-state index contributed by atoms with van der Waals surface area (Å²) in [6, 6.07) is 18.0.